The van der Waals surface area contributed by atoms with Crippen molar-refractivity contribution in [2.45, 2.75) is 45.2 Å². The van der Waals surface area contributed by atoms with Crippen LogP contribution >= 0.6 is 0 Å². The number of likely N-dealkylation sites (N-methyl/N-ethyl adjacent to an activating group) is 1. The molecule has 2 atom stereocenters. The Bertz CT molecular complexity index is 172. The van der Waals surface area contributed by atoms with Gasteiger partial charge in [0.15, 0.2) is 0 Å². The number of nitrogens with zero attached hydrogens (tertiary/aromatic N) is 1. The molecule has 1 saturated heterocycles. The van der Waals surface area contributed by atoms with Gasteiger partial charge in [0.2, 0.25) is 5.91 Å². The van der Waals surface area contributed by atoms with Crippen molar-refractivity contribution in [3.63, 3.8) is 0 Å². The van der Waals surface area contributed by atoms with E-state index in [0.29, 0.717) is 18.6 Å². The summed E-state index contributed by atoms with van der Waals surface area (Å²) in [5.41, 5.74) is 0. The molecule has 76 valence electrons. The SMILES string of the molecule is CNC(=O)CN1[C@H](C)CCC[C@@H]1C. The Hall–Kier alpha value is -0.570. The van der Waals surface area contributed by atoms with Gasteiger partial charge >= 0.3 is 0 Å². The van der Waals surface area contributed by atoms with E-state index in [2.05, 4.69) is 24.1 Å². The molecule has 0 aromatic carbocycles. The van der Waals surface area contributed by atoms with Gasteiger partial charge in [-0.1, -0.05) is 6.42 Å². The minimum Gasteiger partial charge on any atom is -0.358 e. The summed E-state index contributed by atoms with van der Waals surface area (Å²) in [5, 5.41) is 2.67. The second-order valence-electron chi connectivity index (χ2n) is 3.97. The van der Waals surface area contributed by atoms with Crippen LogP contribution in [0.25, 0.3) is 0 Å². The van der Waals surface area contributed by atoms with Gasteiger partial charge in [-0.25, -0.2) is 0 Å². The van der Waals surface area contributed by atoms with Crippen molar-refractivity contribution in [1.29, 1.82) is 0 Å². The van der Waals surface area contributed by atoms with E-state index in [-0.39, 0.29) is 5.91 Å². The average Bonchev–Trinajstić information content (AvgIpc) is 2.11. The van der Waals surface area contributed by atoms with Crippen LogP contribution in [0.15, 0.2) is 0 Å². The third-order valence-corrected chi connectivity index (χ3v) is 2.98. The van der Waals surface area contributed by atoms with Crippen molar-refractivity contribution >= 4 is 5.91 Å². The van der Waals surface area contributed by atoms with Crippen molar-refractivity contribution in [1.82, 2.24) is 10.2 Å². The van der Waals surface area contributed by atoms with E-state index in [9.17, 15) is 4.79 Å². The van der Waals surface area contributed by atoms with E-state index in [1.54, 1.807) is 7.05 Å². The largest absolute Gasteiger partial charge is 0.358 e. The van der Waals surface area contributed by atoms with Gasteiger partial charge in [-0.05, 0) is 26.7 Å². The number of hydrogen-bond donors (Lipinski definition) is 1. The molecule has 0 spiro atoms. The number of amides is 1. The molecule has 13 heavy (non-hydrogen) atoms. The lowest BCUT2D eigenvalue weighted by atomic mass is 9.97. The molecule has 0 bridgehead atoms. The van der Waals surface area contributed by atoms with Crippen molar-refractivity contribution < 1.29 is 4.79 Å². The third-order valence-electron chi connectivity index (χ3n) is 2.98. The van der Waals surface area contributed by atoms with Crippen molar-refractivity contribution in [3.05, 3.63) is 0 Å². The van der Waals surface area contributed by atoms with Crippen LogP contribution in [0.3, 0.4) is 0 Å². The van der Waals surface area contributed by atoms with Crippen LogP contribution in [0.5, 0.6) is 0 Å². The fourth-order valence-corrected chi connectivity index (χ4v) is 2.03. The zero-order chi connectivity index (χ0) is 9.84. The van der Waals surface area contributed by atoms with Gasteiger partial charge < -0.3 is 5.32 Å². The second-order valence-corrected chi connectivity index (χ2v) is 3.97. The Labute approximate surface area is 80.5 Å². The Morgan fingerprint density at radius 3 is 2.38 bits per heavy atom. The smallest absolute Gasteiger partial charge is 0.233 e. The van der Waals surface area contributed by atoms with Crippen LogP contribution in [0, 0.1) is 0 Å². The van der Waals surface area contributed by atoms with Crippen LogP contribution < -0.4 is 5.32 Å². The summed E-state index contributed by atoms with van der Waals surface area (Å²) in [6, 6.07) is 1.11. The third kappa shape index (κ3) is 2.69. The predicted molar refractivity (Wildman–Crippen MR) is 53.5 cm³/mol. The van der Waals surface area contributed by atoms with Crippen LogP contribution in [0.1, 0.15) is 33.1 Å². The maximum atomic E-state index is 11.2. The second kappa shape index (κ2) is 4.61. The average molecular weight is 184 g/mol. The molecule has 1 N–H and O–H groups in total. The Balaban J connectivity index is 2.48. The summed E-state index contributed by atoms with van der Waals surface area (Å²) >= 11 is 0. The van der Waals surface area contributed by atoms with E-state index in [4.69, 9.17) is 0 Å². The molecule has 3 heteroatoms. The summed E-state index contributed by atoms with van der Waals surface area (Å²) in [6.45, 7) is 4.97. The lowest BCUT2D eigenvalue weighted by Gasteiger charge is -2.38. The number of rotatable bonds is 2. The van der Waals surface area contributed by atoms with Crippen molar-refractivity contribution in [2.24, 2.45) is 0 Å². The number of hydrogen-bond acceptors (Lipinski definition) is 2. The summed E-state index contributed by atoms with van der Waals surface area (Å²) < 4.78 is 0. The predicted octanol–water partition coefficient (Wildman–Crippen LogP) is 0.995. The summed E-state index contributed by atoms with van der Waals surface area (Å²) in [5.74, 6) is 0.126. The lowest BCUT2D eigenvalue weighted by molar-refractivity contribution is -0.123. The first kappa shape index (κ1) is 10.5. The zero-order valence-electron chi connectivity index (χ0n) is 8.84. The van der Waals surface area contributed by atoms with Crippen LogP contribution in [0.2, 0.25) is 0 Å². The summed E-state index contributed by atoms with van der Waals surface area (Å²) in [4.78, 5) is 13.5. The number of carbonyl (C=O) groups excluding carboxylic acids is 1. The van der Waals surface area contributed by atoms with Crippen molar-refractivity contribution in [3.8, 4) is 0 Å². The van der Waals surface area contributed by atoms with Gasteiger partial charge in [0, 0.05) is 19.1 Å². The highest BCUT2D eigenvalue weighted by atomic mass is 16.1. The molecule has 1 fully saturated rings. The first-order chi connectivity index (χ1) is 6.15. The molecule has 1 aliphatic rings. The molecule has 1 aliphatic heterocycles. The number of carbonyl (C=O) groups is 1. The number of likely N-dealkylation sites (tertiary alicyclic amines) is 1. The van der Waals surface area contributed by atoms with Gasteiger partial charge in [-0.3, -0.25) is 9.69 Å². The highest BCUT2D eigenvalue weighted by Crippen LogP contribution is 2.21. The molecule has 0 saturated carbocycles. The van der Waals surface area contributed by atoms with E-state index < -0.39 is 0 Å². The van der Waals surface area contributed by atoms with Gasteiger partial charge in [-0.15, -0.1) is 0 Å². The highest BCUT2D eigenvalue weighted by molar-refractivity contribution is 5.77. The Morgan fingerprint density at radius 2 is 1.92 bits per heavy atom. The normalized spacial score (nSPS) is 30.1. The monoisotopic (exact) mass is 184 g/mol. The zero-order valence-corrected chi connectivity index (χ0v) is 8.84. The molecule has 0 unspecified atom stereocenters. The van der Waals surface area contributed by atoms with Crippen LogP contribution in [0.4, 0.5) is 0 Å². The van der Waals surface area contributed by atoms with Gasteiger partial charge in [0.05, 0.1) is 6.54 Å². The molecule has 0 radical (unpaired) electrons. The fourth-order valence-electron chi connectivity index (χ4n) is 2.03. The Morgan fingerprint density at radius 1 is 1.38 bits per heavy atom. The fraction of sp³-hybridized carbons (Fsp3) is 0.900. The topological polar surface area (TPSA) is 32.3 Å². The number of nitrogens with one attached hydrogen (secondary N) is 1. The maximum absolute atomic E-state index is 11.2. The molecular weight excluding hydrogens is 164 g/mol. The van der Waals surface area contributed by atoms with Gasteiger partial charge in [0.25, 0.3) is 0 Å². The first-order valence-electron chi connectivity index (χ1n) is 5.11. The summed E-state index contributed by atoms with van der Waals surface area (Å²) in [6.07, 6.45) is 3.75. The van der Waals surface area contributed by atoms with Crippen LogP contribution in [-0.4, -0.2) is 36.5 Å². The molecule has 3 nitrogen and oxygen atoms in total. The molecule has 0 aromatic rings. The maximum Gasteiger partial charge on any atom is 0.233 e. The number of piperidine rings is 1. The van der Waals surface area contributed by atoms with Crippen LogP contribution in [-0.2, 0) is 4.79 Å². The van der Waals surface area contributed by atoms with Gasteiger partial charge in [-0.2, -0.15) is 0 Å². The molecule has 0 aromatic heterocycles. The van der Waals surface area contributed by atoms with Gasteiger partial charge in [0.1, 0.15) is 0 Å². The van der Waals surface area contributed by atoms with E-state index in [1.165, 1.54) is 19.3 Å². The minimum absolute atomic E-state index is 0.126. The van der Waals surface area contributed by atoms with E-state index in [1.807, 2.05) is 0 Å². The summed E-state index contributed by atoms with van der Waals surface area (Å²) in [7, 11) is 1.70. The molecule has 1 amide bonds. The molecule has 1 heterocycles. The minimum atomic E-state index is 0.126. The molecular formula is C10H20N2O. The Kier molecular flexibility index (Phi) is 3.72. The van der Waals surface area contributed by atoms with E-state index >= 15 is 0 Å². The first-order valence-corrected chi connectivity index (χ1v) is 5.11. The lowest BCUT2D eigenvalue weighted by Crippen LogP contribution is -2.48. The molecule has 0 aliphatic carbocycles. The molecule has 1 rings (SSSR count). The van der Waals surface area contributed by atoms with E-state index in [0.717, 1.165) is 0 Å². The highest BCUT2D eigenvalue weighted by Gasteiger charge is 2.25. The standard InChI is InChI=1S/C10H20N2O/c1-8-5-4-6-9(2)12(8)7-10(13)11-3/h8-9H,4-7H2,1-3H3,(H,11,13)/t8-,9+. The van der Waals surface area contributed by atoms with Crippen molar-refractivity contribution in [2.75, 3.05) is 13.6 Å². The quantitative estimate of drug-likeness (QED) is 0.694.